The van der Waals surface area contributed by atoms with Gasteiger partial charge >= 0.3 is 0 Å². The molecule has 0 spiro atoms. The third-order valence-electron chi connectivity index (χ3n) is 3.43. The number of likely N-dealkylation sites (N-methyl/N-ethyl adjacent to an activating group) is 1. The number of carbonyl (C=O) groups excluding carboxylic acids is 1. The Labute approximate surface area is 146 Å². The molecule has 130 valence electrons. The number of hydrogen-bond acceptors (Lipinski definition) is 5. The van der Waals surface area contributed by atoms with Crippen LogP contribution in [-0.4, -0.2) is 37.5 Å². The minimum atomic E-state index is -3.35. The number of nitrogens with one attached hydrogen (secondary N) is 1. The van der Waals surface area contributed by atoms with Gasteiger partial charge in [-0.05, 0) is 17.5 Å². The third-order valence-corrected chi connectivity index (χ3v) is 4.93. The van der Waals surface area contributed by atoms with E-state index in [4.69, 9.17) is 0 Å². The van der Waals surface area contributed by atoms with Gasteiger partial charge in [0, 0.05) is 19.0 Å². The Morgan fingerprint density at radius 1 is 1.25 bits per heavy atom. The van der Waals surface area contributed by atoms with Crippen LogP contribution in [0.4, 0.5) is 5.13 Å². The number of sulfonamides is 1. The Morgan fingerprint density at radius 3 is 2.46 bits per heavy atom. The van der Waals surface area contributed by atoms with Crippen molar-refractivity contribution < 1.29 is 13.2 Å². The molecule has 0 unspecified atom stereocenters. The molecule has 1 heterocycles. The fourth-order valence-corrected chi connectivity index (χ4v) is 3.69. The molecule has 2 rings (SSSR count). The molecule has 0 saturated heterocycles. The van der Waals surface area contributed by atoms with Crippen LogP contribution in [0.15, 0.2) is 29.6 Å². The Morgan fingerprint density at radius 2 is 1.88 bits per heavy atom. The van der Waals surface area contributed by atoms with Gasteiger partial charge in [-0.15, -0.1) is 11.3 Å². The SMILES string of the molecule is CCc1ccc(CN(C)C(=O)Cc2csc(NS(C)(=O)=O)n2)cc1. The van der Waals surface area contributed by atoms with Gasteiger partial charge < -0.3 is 4.90 Å². The molecule has 2 aromatic rings. The number of hydrogen-bond donors (Lipinski definition) is 1. The smallest absolute Gasteiger partial charge is 0.231 e. The topological polar surface area (TPSA) is 79.4 Å². The average Bonchev–Trinajstić information content (AvgIpc) is 2.92. The van der Waals surface area contributed by atoms with Crippen molar-refractivity contribution in [2.45, 2.75) is 26.3 Å². The molecule has 0 aliphatic heterocycles. The van der Waals surface area contributed by atoms with Crippen LogP contribution < -0.4 is 4.72 Å². The van der Waals surface area contributed by atoms with Crippen LogP contribution in [0.1, 0.15) is 23.7 Å². The van der Waals surface area contributed by atoms with Crippen LogP contribution in [-0.2, 0) is 34.2 Å². The molecule has 0 radical (unpaired) electrons. The Kier molecular flexibility index (Phi) is 5.95. The fraction of sp³-hybridized carbons (Fsp3) is 0.375. The number of benzene rings is 1. The van der Waals surface area contributed by atoms with Crippen LogP contribution in [0, 0.1) is 0 Å². The summed E-state index contributed by atoms with van der Waals surface area (Å²) in [6, 6.07) is 8.19. The van der Waals surface area contributed by atoms with Gasteiger partial charge in [-0.25, -0.2) is 13.4 Å². The summed E-state index contributed by atoms with van der Waals surface area (Å²) in [7, 11) is -1.60. The molecule has 0 aliphatic rings. The molecule has 1 amide bonds. The van der Waals surface area contributed by atoms with E-state index in [0.29, 0.717) is 12.2 Å². The zero-order chi connectivity index (χ0) is 17.7. The van der Waals surface area contributed by atoms with Crippen molar-refractivity contribution in [1.82, 2.24) is 9.88 Å². The zero-order valence-corrected chi connectivity index (χ0v) is 15.6. The lowest BCUT2D eigenvalue weighted by Gasteiger charge is -2.17. The first-order valence-corrected chi connectivity index (χ1v) is 10.3. The summed E-state index contributed by atoms with van der Waals surface area (Å²) in [5, 5.41) is 1.97. The number of aromatic nitrogens is 1. The van der Waals surface area contributed by atoms with Crippen molar-refractivity contribution in [3.05, 3.63) is 46.5 Å². The number of carbonyl (C=O) groups is 1. The minimum absolute atomic E-state index is 0.0641. The molecule has 0 aliphatic carbocycles. The quantitative estimate of drug-likeness (QED) is 0.814. The first-order valence-electron chi connectivity index (χ1n) is 7.51. The highest BCUT2D eigenvalue weighted by Gasteiger charge is 2.14. The zero-order valence-electron chi connectivity index (χ0n) is 13.9. The average molecular weight is 367 g/mol. The van der Waals surface area contributed by atoms with Crippen LogP contribution in [0.5, 0.6) is 0 Å². The van der Waals surface area contributed by atoms with E-state index in [1.807, 2.05) is 12.1 Å². The molecule has 0 atom stereocenters. The fourth-order valence-electron chi connectivity index (χ4n) is 2.13. The second kappa shape index (κ2) is 7.76. The molecule has 0 bridgehead atoms. The van der Waals surface area contributed by atoms with Crippen molar-refractivity contribution in [3.8, 4) is 0 Å². The third kappa shape index (κ3) is 5.61. The van der Waals surface area contributed by atoms with Gasteiger partial charge in [0.25, 0.3) is 0 Å². The first kappa shape index (κ1) is 18.4. The molecule has 0 fully saturated rings. The van der Waals surface area contributed by atoms with Crippen LogP contribution in [0.2, 0.25) is 0 Å². The molecule has 1 N–H and O–H groups in total. The van der Waals surface area contributed by atoms with E-state index in [2.05, 4.69) is 28.8 Å². The molecular weight excluding hydrogens is 346 g/mol. The van der Waals surface area contributed by atoms with Gasteiger partial charge in [-0.3, -0.25) is 9.52 Å². The number of rotatable bonds is 7. The molecule has 1 aromatic carbocycles. The number of amides is 1. The summed E-state index contributed by atoms with van der Waals surface area (Å²) in [6.07, 6.45) is 2.20. The lowest BCUT2D eigenvalue weighted by atomic mass is 10.1. The first-order chi connectivity index (χ1) is 11.3. The summed E-state index contributed by atoms with van der Waals surface area (Å²) in [4.78, 5) is 18.1. The molecule has 1 aromatic heterocycles. The Bertz CT molecular complexity index is 798. The van der Waals surface area contributed by atoms with E-state index in [0.717, 1.165) is 18.2 Å². The van der Waals surface area contributed by atoms with E-state index in [1.165, 1.54) is 16.9 Å². The predicted octanol–water partition coefficient (Wildman–Crippen LogP) is 2.28. The minimum Gasteiger partial charge on any atom is -0.341 e. The maximum absolute atomic E-state index is 12.3. The van der Waals surface area contributed by atoms with Crippen molar-refractivity contribution in [3.63, 3.8) is 0 Å². The van der Waals surface area contributed by atoms with Crippen molar-refractivity contribution in [1.29, 1.82) is 0 Å². The lowest BCUT2D eigenvalue weighted by Crippen LogP contribution is -2.27. The standard InChI is InChI=1S/C16H21N3O3S2/c1-4-12-5-7-13(8-6-12)10-19(2)15(20)9-14-11-23-16(17-14)18-24(3,21)22/h5-8,11H,4,9-10H2,1-3H3,(H,17,18). The maximum Gasteiger partial charge on any atom is 0.231 e. The highest BCUT2D eigenvalue weighted by molar-refractivity contribution is 7.92. The number of aryl methyl sites for hydroxylation is 1. The van der Waals surface area contributed by atoms with Gasteiger partial charge in [0.15, 0.2) is 5.13 Å². The van der Waals surface area contributed by atoms with E-state index < -0.39 is 10.0 Å². The lowest BCUT2D eigenvalue weighted by molar-refractivity contribution is -0.129. The maximum atomic E-state index is 12.3. The summed E-state index contributed by atoms with van der Waals surface area (Å²) in [5.74, 6) is -0.0641. The van der Waals surface area contributed by atoms with E-state index in [9.17, 15) is 13.2 Å². The van der Waals surface area contributed by atoms with Gasteiger partial charge in [0.1, 0.15) is 0 Å². The molecule has 8 heteroatoms. The normalized spacial score (nSPS) is 11.3. The van der Waals surface area contributed by atoms with Crippen molar-refractivity contribution in [2.75, 3.05) is 18.0 Å². The monoisotopic (exact) mass is 367 g/mol. The summed E-state index contributed by atoms with van der Waals surface area (Å²) < 4.78 is 24.6. The second-order valence-corrected chi connectivity index (χ2v) is 8.22. The van der Waals surface area contributed by atoms with Gasteiger partial charge in [-0.2, -0.15) is 0 Å². The van der Waals surface area contributed by atoms with Gasteiger partial charge in [0.05, 0.1) is 18.4 Å². The summed E-state index contributed by atoms with van der Waals surface area (Å²) >= 11 is 1.17. The molecule has 0 saturated carbocycles. The van der Waals surface area contributed by atoms with E-state index in [-0.39, 0.29) is 17.5 Å². The van der Waals surface area contributed by atoms with Gasteiger partial charge in [0.2, 0.25) is 15.9 Å². The van der Waals surface area contributed by atoms with E-state index >= 15 is 0 Å². The largest absolute Gasteiger partial charge is 0.341 e. The Balaban J connectivity index is 1.93. The number of nitrogens with zero attached hydrogens (tertiary/aromatic N) is 2. The summed E-state index contributed by atoms with van der Waals surface area (Å²) in [6.45, 7) is 2.63. The highest BCUT2D eigenvalue weighted by atomic mass is 32.2. The van der Waals surface area contributed by atoms with Crippen molar-refractivity contribution in [2.24, 2.45) is 0 Å². The summed E-state index contributed by atoms with van der Waals surface area (Å²) in [5.41, 5.74) is 2.89. The Hall–Kier alpha value is -1.93. The number of thiazole rings is 1. The van der Waals surface area contributed by atoms with Crippen LogP contribution >= 0.6 is 11.3 Å². The van der Waals surface area contributed by atoms with Crippen molar-refractivity contribution >= 4 is 32.4 Å². The molecule has 6 nitrogen and oxygen atoms in total. The molecule has 24 heavy (non-hydrogen) atoms. The van der Waals surface area contributed by atoms with E-state index in [1.54, 1.807) is 17.3 Å². The predicted molar refractivity (Wildman–Crippen MR) is 96.6 cm³/mol. The highest BCUT2D eigenvalue weighted by Crippen LogP contribution is 2.17. The second-order valence-electron chi connectivity index (χ2n) is 5.61. The van der Waals surface area contributed by atoms with Crippen LogP contribution in [0.25, 0.3) is 0 Å². The van der Waals surface area contributed by atoms with Crippen LogP contribution in [0.3, 0.4) is 0 Å². The molecular formula is C16H21N3O3S2. The van der Waals surface area contributed by atoms with Gasteiger partial charge in [-0.1, -0.05) is 31.2 Å². The number of anilines is 1.